The van der Waals surface area contributed by atoms with Gasteiger partial charge < -0.3 is 9.84 Å². The molecule has 0 atom stereocenters. The van der Waals surface area contributed by atoms with Crippen LogP contribution in [0.4, 0.5) is 4.39 Å². The van der Waals surface area contributed by atoms with Gasteiger partial charge in [0.1, 0.15) is 28.8 Å². The van der Waals surface area contributed by atoms with Gasteiger partial charge in [-0.25, -0.2) is 9.18 Å². The van der Waals surface area contributed by atoms with Crippen LogP contribution in [0.5, 0.6) is 5.75 Å². The molecule has 0 unspecified atom stereocenters. The normalized spacial score (nSPS) is 10.2. The second kappa shape index (κ2) is 5.71. The number of ether oxygens (including phenoxy) is 1. The van der Waals surface area contributed by atoms with Gasteiger partial charge in [-0.05, 0) is 17.7 Å². The number of carbonyl (C=O) groups is 1. The summed E-state index contributed by atoms with van der Waals surface area (Å²) in [6.07, 6.45) is 0. The lowest BCUT2D eigenvalue weighted by Crippen LogP contribution is -2.04. The second-order valence-electron chi connectivity index (χ2n) is 3.81. The first-order chi connectivity index (χ1) is 9.09. The molecule has 2 rings (SSSR count). The van der Waals surface area contributed by atoms with Crippen molar-refractivity contribution < 1.29 is 19.0 Å². The minimum Gasteiger partial charge on any atom is -0.487 e. The minimum atomic E-state index is -1.42. The molecule has 98 valence electrons. The van der Waals surface area contributed by atoms with E-state index in [0.29, 0.717) is 0 Å². The zero-order chi connectivity index (χ0) is 13.8. The highest BCUT2D eigenvalue weighted by molar-refractivity contribution is 6.35. The first kappa shape index (κ1) is 13.4. The summed E-state index contributed by atoms with van der Waals surface area (Å²) >= 11 is 5.83. The molecule has 0 bridgehead atoms. The van der Waals surface area contributed by atoms with Crippen LogP contribution in [0.1, 0.15) is 15.9 Å². The molecule has 0 fully saturated rings. The Balaban J connectivity index is 2.22. The number of halogens is 2. The molecule has 0 aliphatic rings. The third-order valence-corrected chi connectivity index (χ3v) is 2.88. The smallest absolute Gasteiger partial charge is 0.340 e. The molecular formula is C14H10ClFO3. The predicted molar refractivity (Wildman–Crippen MR) is 69.1 cm³/mol. The first-order valence-electron chi connectivity index (χ1n) is 5.47. The number of hydrogen-bond acceptors (Lipinski definition) is 2. The van der Waals surface area contributed by atoms with Crippen LogP contribution in [0.3, 0.4) is 0 Å². The van der Waals surface area contributed by atoms with E-state index < -0.39 is 17.3 Å². The lowest BCUT2D eigenvalue weighted by Gasteiger charge is -2.10. The Kier molecular flexibility index (Phi) is 4.02. The lowest BCUT2D eigenvalue weighted by atomic mass is 10.2. The van der Waals surface area contributed by atoms with Gasteiger partial charge in [-0.3, -0.25) is 0 Å². The molecule has 0 saturated carbocycles. The number of carboxylic acids is 1. The number of aromatic carboxylic acids is 1. The Morgan fingerprint density at radius 1 is 1.21 bits per heavy atom. The molecule has 0 radical (unpaired) electrons. The molecule has 0 saturated heterocycles. The number of rotatable bonds is 4. The minimum absolute atomic E-state index is 0.143. The molecule has 1 N–H and O–H groups in total. The van der Waals surface area contributed by atoms with E-state index in [0.717, 1.165) is 11.6 Å². The summed E-state index contributed by atoms with van der Waals surface area (Å²) in [6.45, 7) is 0.227. The molecule has 0 heterocycles. The van der Waals surface area contributed by atoms with E-state index in [2.05, 4.69) is 0 Å². The van der Waals surface area contributed by atoms with Crippen LogP contribution in [-0.2, 0) is 6.61 Å². The van der Waals surface area contributed by atoms with Gasteiger partial charge in [0.2, 0.25) is 0 Å². The van der Waals surface area contributed by atoms with Gasteiger partial charge >= 0.3 is 5.97 Å². The lowest BCUT2D eigenvalue weighted by molar-refractivity contribution is 0.0691. The van der Waals surface area contributed by atoms with Crippen molar-refractivity contribution in [3.8, 4) is 5.75 Å². The summed E-state index contributed by atoms with van der Waals surface area (Å²) in [7, 11) is 0. The van der Waals surface area contributed by atoms with Crippen molar-refractivity contribution >= 4 is 17.6 Å². The molecular weight excluding hydrogens is 271 g/mol. The third kappa shape index (κ3) is 3.03. The maximum Gasteiger partial charge on any atom is 0.340 e. The summed E-state index contributed by atoms with van der Waals surface area (Å²) in [6, 6.07) is 11.6. The average molecular weight is 281 g/mol. The number of carboxylic acid groups (broad SMARTS) is 1. The van der Waals surface area contributed by atoms with E-state index in [1.165, 1.54) is 6.07 Å². The largest absolute Gasteiger partial charge is 0.487 e. The van der Waals surface area contributed by atoms with Gasteiger partial charge in [0.05, 0.1) is 0 Å². The zero-order valence-electron chi connectivity index (χ0n) is 9.77. The van der Waals surface area contributed by atoms with Crippen molar-refractivity contribution in [1.82, 2.24) is 0 Å². The molecule has 0 aliphatic heterocycles. The van der Waals surface area contributed by atoms with E-state index >= 15 is 0 Å². The number of hydrogen-bond donors (Lipinski definition) is 1. The van der Waals surface area contributed by atoms with Gasteiger partial charge in [0.15, 0.2) is 0 Å². The predicted octanol–water partition coefficient (Wildman–Crippen LogP) is 3.76. The molecule has 0 aliphatic carbocycles. The van der Waals surface area contributed by atoms with Crippen LogP contribution >= 0.6 is 11.6 Å². The van der Waals surface area contributed by atoms with Gasteiger partial charge in [-0.1, -0.05) is 41.9 Å². The molecule has 2 aromatic rings. The Hall–Kier alpha value is -2.07. The van der Waals surface area contributed by atoms with E-state index in [-0.39, 0.29) is 17.4 Å². The van der Waals surface area contributed by atoms with Crippen molar-refractivity contribution in [1.29, 1.82) is 0 Å². The Bertz CT molecular complexity index is 599. The SMILES string of the molecule is O=C(O)c1c(F)ccc(OCc2ccccc2)c1Cl. The maximum atomic E-state index is 13.3. The number of benzene rings is 2. The van der Waals surface area contributed by atoms with Crippen molar-refractivity contribution in [2.24, 2.45) is 0 Å². The quantitative estimate of drug-likeness (QED) is 0.927. The van der Waals surface area contributed by atoms with E-state index in [9.17, 15) is 9.18 Å². The molecule has 3 nitrogen and oxygen atoms in total. The summed E-state index contributed by atoms with van der Waals surface area (Å²) < 4.78 is 18.7. The Labute approximate surface area is 114 Å². The standard InChI is InChI=1S/C14H10ClFO3/c15-13-11(7-6-10(16)12(13)14(17)18)19-8-9-4-2-1-3-5-9/h1-7H,8H2,(H,17,18). The van der Waals surface area contributed by atoms with Crippen molar-refractivity contribution in [3.63, 3.8) is 0 Å². The van der Waals surface area contributed by atoms with Crippen LogP contribution in [0.25, 0.3) is 0 Å². The molecule has 0 spiro atoms. The highest BCUT2D eigenvalue weighted by Gasteiger charge is 2.18. The van der Waals surface area contributed by atoms with E-state index in [4.69, 9.17) is 21.4 Å². The zero-order valence-corrected chi connectivity index (χ0v) is 10.5. The topological polar surface area (TPSA) is 46.5 Å². The van der Waals surface area contributed by atoms with Gasteiger partial charge in [-0.15, -0.1) is 0 Å². The van der Waals surface area contributed by atoms with Gasteiger partial charge in [-0.2, -0.15) is 0 Å². The molecule has 19 heavy (non-hydrogen) atoms. The summed E-state index contributed by atoms with van der Waals surface area (Å²) in [5.41, 5.74) is 0.326. The summed E-state index contributed by atoms with van der Waals surface area (Å²) in [4.78, 5) is 10.9. The monoisotopic (exact) mass is 280 g/mol. The Morgan fingerprint density at radius 2 is 1.89 bits per heavy atom. The highest BCUT2D eigenvalue weighted by Crippen LogP contribution is 2.30. The molecule has 2 aromatic carbocycles. The van der Waals surface area contributed by atoms with Crippen LogP contribution in [0.2, 0.25) is 5.02 Å². The van der Waals surface area contributed by atoms with Gasteiger partial charge in [0.25, 0.3) is 0 Å². The Morgan fingerprint density at radius 3 is 2.53 bits per heavy atom. The van der Waals surface area contributed by atoms with Crippen molar-refractivity contribution in [3.05, 3.63) is 64.4 Å². The van der Waals surface area contributed by atoms with E-state index in [1.807, 2.05) is 30.3 Å². The fraction of sp³-hybridized carbons (Fsp3) is 0.0714. The van der Waals surface area contributed by atoms with Crippen LogP contribution in [0, 0.1) is 5.82 Å². The second-order valence-corrected chi connectivity index (χ2v) is 4.19. The van der Waals surface area contributed by atoms with Crippen LogP contribution in [-0.4, -0.2) is 11.1 Å². The fourth-order valence-corrected chi connectivity index (χ4v) is 1.86. The van der Waals surface area contributed by atoms with Crippen molar-refractivity contribution in [2.75, 3.05) is 0 Å². The molecule has 0 aromatic heterocycles. The van der Waals surface area contributed by atoms with Crippen molar-refractivity contribution in [2.45, 2.75) is 6.61 Å². The van der Waals surface area contributed by atoms with Crippen LogP contribution in [0.15, 0.2) is 42.5 Å². The highest BCUT2D eigenvalue weighted by atomic mass is 35.5. The maximum absolute atomic E-state index is 13.3. The first-order valence-corrected chi connectivity index (χ1v) is 5.85. The molecule has 0 amide bonds. The fourth-order valence-electron chi connectivity index (χ4n) is 1.58. The van der Waals surface area contributed by atoms with Gasteiger partial charge in [0, 0.05) is 0 Å². The van der Waals surface area contributed by atoms with E-state index in [1.54, 1.807) is 0 Å². The summed E-state index contributed by atoms with van der Waals surface area (Å²) in [5, 5.41) is 8.64. The third-order valence-electron chi connectivity index (χ3n) is 2.51. The summed E-state index contributed by atoms with van der Waals surface area (Å²) in [5.74, 6) is -2.17. The average Bonchev–Trinajstić information content (AvgIpc) is 2.38. The van der Waals surface area contributed by atoms with Crippen LogP contribution < -0.4 is 4.74 Å². The molecule has 5 heteroatoms.